The topological polar surface area (TPSA) is 73.8 Å². The summed E-state index contributed by atoms with van der Waals surface area (Å²) in [5.41, 5.74) is 0.702. The Kier molecular flexibility index (Phi) is 4.94. The number of aryl methyl sites for hydroxylation is 1. The number of hydrogen-bond donors (Lipinski definition) is 0. The van der Waals surface area contributed by atoms with Gasteiger partial charge in [0, 0.05) is 25.2 Å². The van der Waals surface area contributed by atoms with Crippen molar-refractivity contribution in [3.8, 4) is 11.6 Å². The summed E-state index contributed by atoms with van der Waals surface area (Å²) in [5.74, 6) is 1.25. The maximum Gasteiger partial charge on any atom is 0.260 e. The number of ether oxygens (including phenoxy) is 3. The normalized spacial score (nSPS) is 20.8. The van der Waals surface area contributed by atoms with Gasteiger partial charge in [-0.1, -0.05) is 18.2 Å². The van der Waals surface area contributed by atoms with Crippen LogP contribution in [0.25, 0.3) is 0 Å². The van der Waals surface area contributed by atoms with Crippen LogP contribution in [0.3, 0.4) is 0 Å². The first-order valence-electron chi connectivity index (χ1n) is 9.16. The third-order valence-electron chi connectivity index (χ3n) is 5.03. The second-order valence-corrected chi connectivity index (χ2v) is 7.11. The van der Waals surface area contributed by atoms with Crippen molar-refractivity contribution in [3.63, 3.8) is 0 Å². The fourth-order valence-corrected chi connectivity index (χ4v) is 3.60. The number of carbonyl (C=O) groups is 1. The average Bonchev–Trinajstić information content (AvgIpc) is 2.66. The van der Waals surface area contributed by atoms with Crippen LogP contribution in [0, 0.1) is 6.92 Å². The molecule has 4 rings (SSSR count). The van der Waals surface area contributed by atoms with Gasteiger partial charge in [-0.3, -0.25) is 9.78 Å². The summed E-state index contributed by atoms with van der Waals surface area (Å²) in [7, 11) is 0. The number of likely N-dealkylation sites (tertiary alicyclic amines) is 1. The average molecular weight is 369 g/mol. The summed E-state index contributed by atoms with van der Waals surface area (Å²) in [6.45, 7) is 3.77. The van der Waals surface area contributed by atoms with Gasteiger partial charge in [0.25, 0.3) is 5.91 Å². The maximum atomic E-state index is 12.4. The molecule has 3 heterocycles. The van der Waals surface area contributed by atoms with E-state index >= 15 is 0 Å². The molecular weight excluding hydrogens is 346 g/mol. The number of aromatic nitrogens is 2. The highest BCUT2D eigenvalue weighted by atomic mass is 16.5. The van der Waals surface area contributed by atoms with Gasteiger partial charge in [-0.25, -0.2) is 4.98 Å². The third kappa shape index (κ3) is 4.03. The lowest BCUT2D eigenvalue weighted by Gasteiger charge is -2.52. The van der Waals surface area contributed by atoms with Crippen molar-refractivity contribution >= 4 is 5.91 Å². The Labute approximate surface area is 158 Å². The second kappa shape index (κ2) is 7.52. The molecule has 1 atom stereocenters. The Hall–Kier alpha value is -2.67. The lowest BCUT2D eigenvalue weighted by atomic mass is 9.84. The number of nitrogens with zero attached hydrogens (tertiary/aromatic N) is 3. The van der Waals surface area contributed by atoms with Crippen LogP contribution < -0.4 is 9.47 Å². The summed E-state index contributed by atoms with van der Waals surface area (Å²) in [5, 5.41) is 0. The quantitative estimate of drug-likeness (QED) is 0.803. The third-order valence-corrected chi connectivity index (χ3v) is 5.03. The molecule has 0 saturated carbocycles. The first kappa shape index (κ1) is 17.7. The molecule has 2 fully saturated rings. The Bertz CT molecular complexity index is 793. The zero-order valence-electron chi connectivity index (χ0n) is 15.3. The minimum Gasteiger partial charge on any atom is -0.484 e. The lowest BCUT2D eigenvalue weighted by molar-refractivity contribution is -0.194. The van der Waals surface area contributed by atoms with Crippen LogP contribution in [-0.4, -0.2) is 58.8 Å². The van der Waals surface area contributed by atoms with Crippen molar-refractivity contribution in [2.45, 2.75) is 31.5 Å². The van der Waals surface area contributed by atoms with E-state index in [1.807, 2.05) is 31.2 Å². The fourth-order valence-electron chi connectivity index (χ4n) is 3.60. The Balaban J connectivity index is 1.27. The molecule has 2 aliphatic rings. The van der Waals surface area contributed by atoms with Crippen molar-refractivity contribution in [3.05, 3.63) is 48.4 Å². The summed E-state index contributed by atoms with van der Waals surface area (Å²) in [6.07, 6.45) is 6.42. The smallest absolute Gasteiger partial charge is 0.260 e. The van der Waals surface area contributed by atoms with Crippen LogP contribution >= 0.6 is 0 Å². The predicted octanol–water partition coefficient (Wildman–Crippen LogP) is 2.00. The molecular formula is C20H23N3O4. The van der Waals surface area contributed by atoms with Crippen LogP contribution in [-0.2, 0) is 9.53 Å². The van der Waals surface area contributed by atoms with Crippen LogP contribution in [0.2, 0.25) is 0 Å². The summed E-state index contributed by atoms with van der Waals surface area (Å²) in [6, 6.07) is 7.69. The first-order chi connectivity index (χ1) is 13.1. The maximum absolute atomic E-state index is 12.4. The number of amides is 1. The first-order valence-corrected chi connectivity index (χ1v) is 9.16. The van der Waals surface area contributed by atoms with Gasteiger partial charge in [0.15, 0.2) is 6.61 Å². The molecule has 7 nitrogen and oxygen atoms in total. The van der Waals surface area contributed by atoms with Gasteiger partial charge in [0.2, 0.25) is 5.88 Å². The van der Waals surface area contributed by atoms with E-state index in [0.717, 1.165) is 24.2 Å². The summed E-state index contributed by atoms with van der Waals surface area (Å²) in [4.78, 5) is 22.4. The second-order valence-electron chi connectivity index (χ2n) is 7.11. The highest BCUT2D eigenvalue weighted by Gasteiger charge is 2.50. The molecule has 2 saturated heterocycles. The standard InChI is InChI=1S/C20H23N3O4/c1-15-4-2-3-5-17(15)25-12-19(24)23-13-20(14-23)10-16(6-9-26-20)27-18-11-21-7-8-22-18/h2-5,7-8,11,16H,6,9-10,12-14H2,1H3/t16-/m0/s1. The number of para-hydroxylation sites is 1. The van der Waals surface area contributed by atoms with Crippen molar-refractivity contribution in [1.82, 2.24) is 14.9 Å². The number of rotatable bonds is 5. The highest BCUT2D eigenvalue weighted by molar-refractivity contribution is 5.79. The van der Waals surface area contributed by atoms with Crippen molar-refractivity contribution < 1.29 is 19.0 Å². The molecule has 0 N–H and O–H groups in total. The highest BCUT2D eigenvalue weighted by Crippen LogP contribution is 2.35. The summed E-state index contributed by atoms with van der Waals surface area (Å²) >= 11 is 0. The van der Waals surface area contributed by atoms with E-state index in [-0.39, 0.29) is 24.2 Å². The van der Waals surface area contributed by atoms with Crippen LogP contribution in [0.5, 0.6) is 11.6 Å². The van der Waals surface area contributed by atoms with Crippen LogP contribution in [0.1, 0.15) is 18.4 Å². The molecule has 2 aliphatic heterocycles. The van der Waals surface area contributed by atoms with Crippen LogP contribution in [0.4, 0.5) is 0 Å². The molecule has 0 unspecified atom stereocenters. The van der Waals surface area contributed by atoms with Gasteiger partial charge < -0.3 is 19.1 Å². The Morgan fingerprint density at radius 3 is 2.96 bits per heavy atom. The van der Waals surface area contributed by atoms with Gasteiger partial charge in [-0.05, 0) is 18.6 Å². The van der Waals surface area contributed by atoms with Crippen LogP contribution in [0.15, 0.2) is 42.9 Å². The van der Waals surface area contributed by atoms with Crippen molar-refractivity contribution in [2.75, 3.05) is 26.3 Å². The molecule has 0 aliphatic carbocycles. The molecule has 27 heavy (non-hydrogen) atoms. The van der Waals surface area contributed by atoms with Gasteiger partial charge in [0.05, 0.1) is 25.9 Å². The molecule has 0 radical (unpaired) electrons. The van der Waals surface area contributed by atoms with E-state index < -0.39 is 0 Å². The van der Waals surface area contributed by atoms with E-state index in [9.17, 15) is 4.79 Å². The van der Waals surface area contributed by atoms with Crippen molar-refractivity contribution in [2.24, 2.45) is 0 Å². The van der Waals surface area contributed by atoms with Gasteiger partial charge >= 0.3 is 0 Å². The van der Waals surface area contributed by atoms with Crippen molar-refractivity contribution in [1.29, 1.82) is 0 Å². The predicted molar refractivity (Wildman–Crippen MR) is 97.6 cm³/mol. The van der Waals surface area contributed by atoms with E-state index in [2.05, 4.69) is 9.97 Å². The number of hydrogen-bond acceptors (Lipinski definition) is 6. The molecule has 142 valence electrons. The zero-order chi connectivity index (χ0) is 18.7. The molecule has 1 aromatic carbocycles. The van der Waals surface area contributed by atoms with Gasteiger partial charge in [-0.2, -0.15) is 0 Å². The monoisotopic (exact) mass is 369 g/mol. The van der Waals surface area contributed by atoms with E-state index in [0.29, 0.717) is 25.6 Å². The largest absolute Gasteiger partial charge is 0.484 e. The molecule has 0 bridgehead atoms. The molecule has 7 heteroatoms. The minimum absolute atomic E-state index is 0.0237. The van der Waals surface area contributed by atoms with Gasteiger partial charge in [-0.15, -0.1) is 0 Å². The lowest BCUT2D eigenvalue weighted by Crippen LogP contribution is -2.68. The molecule has 2 aromatic rings. The number of benzene rings is 1. The molecule has 1 aromatic heterocycles. The summed E-state index contributed by atoms with van der Waals surface area (Å²) < 4.78 is 17.6. The Morgan fingerprint density at radius 1 is 1.33 bits per heavy atom. The van der Waals surface area contributed by atoms with Gasteiger partial charge in [0.1, 0.15) is 17.5 Å². The minimum atomic E-state index is -0.316. The molecule has 1 amide bonds. The van der Waals surface area contributed by atoms with E-state index in [1.165, 1.54) is 0 Å². The SMILES string of the molecule is Cc1ccccc1OCC(=O)N1CC2(C[C@@H](Oc3cnccn3)CCO2)C1. The molecule has 1 spiro atoms. The zero-order valence-corrected chi connectivity index (χ0v) is 15.3. The van der Waals surface area contributed by atoms with E-state index in [1.54, 1.807) is 23.5 Å². The van der Waals surface area contributed by atoms with E-state index in [4.69, 9.17) is 14.2 Å². The Morgan fingerprint density at radius 2 is 2.19 bits per heavy atom. The number of carbonyl (C=O) groups excluding carboxylic acids is 1. The fraction of sp³-hybridized carbons (Fsp3) is 0.450.